The number of hydrogen-bond acceptors (Lipinski definition) is 4. The van der Waals surface area contributed by atoms with Gasteiger partial charge in [-0.2, -0.15) is 0 Å². The summed E-state index contributed by atoms with van der Waals surface area (Å²) >= 11 is 0. The van der Waals surface area contributed by atoms with Gasteiger partial charge in [-0.1, -0.05) is 42.5 Å². The number of hydrogen-bond donors (Lipinski definition) is 2. The summed E-state index contributed by atoms with van der Waals surface area (Å²) < 4.78 is 0. The van der Waals surface area contributed by atoms with Gasteiger partial charge in [-0.05, 0) is 37.3 Å². The molecule has 0 aromatic rings. The highest BCUT2D eigenvalue weighted by atomic mass is 16.4. The third kappa shape index (κ3) is 3.82. The quantitative estimate of drug-likeness (QED) is 0.470. The Kier molecular flexibility index (Phi) is 4.96. The molecule has 0 aromatic carbocycles. The van der Waals surface area contributed by atoms with Crippen LogP contribution in [0.15, 0.2) is 41.1 Å². The minimum atomic E-state index is -0.284. The second kappa shape index (κ2) is 6.72. The van der Waals surface area contributed by atoms with Gasteiger partial charge in [0, 0.05) is 6.54 Å². The van der Waals surface area contributed by atoms with Gasteiger partial charge in [-0.25, -0.2) is 0 Å². The SMILES string of the molecule is CC1C=CC=C(/C(CC2CC(C(N)=O)N(C)C2)=N/O)C=C1. The van der Waals surface area contributed by atoms with Gasteiger partial charge in [0.2, 0.25) is 5.91 Å². The van der Waals surface area contributed by atoms with Crippen LogP contribution in [0.25, 0.3) is 0 Å². The molecule has 1 heterocycles. The Balaban J connectivity index is 2.05. The van der Waals surface area contributed by atoms with Crippen molar-refractivity contribution in [3.63, 3.8) is 0 Å². The summed E-state index contributed by atoms with van der Waals surface area (Å²) in [4.78, 5) is 13.3. The fraction of sp³-hybridized carbons (Fsp3) is 0.500. The van der Waals surface area contributed by atoms with Crippen LogP contribution in [0, 0.1) is 11.8 Å². The van der Waals surface area contributed by atoms with E-state index in [2.05, 4.69) is 24.2 Å². The summed E-state index contributed by atoms with van der Waals surface area (Å²) in [5.74, 6) is 0.362. The van der Waals surface area contributed by atoms with Gasteiger partial charge in [-0.15, -0.1) is 0 Å². The molecule has 3 unspecified atom stereocenters. The van der Waals surface area contributed by atoms with Gasteiger partial charge in [0.15, 0.2) is 0 Å². The minimum Gasteiger partial charge on any atom is -0.411 e. The summed E-state index contributed by atoms with van der Waals surface area (Å²) in [6.07, 6.45) is 11.5. The van der Waals surface area contributed by atoms with Crippen molar-refractivity contribution in [1.29, 1.82) is 0 Å². The summed E-state index contributed by atoms with van der Waals surface area (Å²) in [5.41, 5.74) is 6.98. The molecule has 114 valence electrons. The monoisotopic (exact) mass is 289 g/mol. The molecule has 1 amide bonds. The maximum Gasteiger partial charge on any atom is 0.234 e. The number of carbonyl (C=O) groups is 1. The smallest absolute Gasteiger partial charge is 0.234 e. The van der Waals surface area contributed by atoms with Crippen LogP contribution in [-0.2, 0) is 4.79 Å². The first-order valence-corrected chi connectivity index (χ1v) is 7.28. The van der Waals surface area contributed by atoms with E-state index in [1.165, 1.54) is 0 Å². The van der Waals surface area contributed by atoms with Crippen molar-refractivity contribution in [3.8, 4) is 0 Å². The van der Waals surface area contributed by atoms with E-state index < -0.39 is 0 Å². The molecule has 2 aliphatic rings. The highest BCUT2D eigenvalue weighted by Crippen LogP contribution is 2.26. The van der Waals surface area contributed by atoms with E-state index in [0.717, 1.165) is 12.1 Å². The number of allylic oxidation sites excluding steroid dienone is 6. The Morgan fingerprint density at radius 2 is 2.29 bits per heavy atom. The Morgan fingerprint density at radius 1 is 1.52 bits per heavy atom. The highest BCUT2D eigenvalue weighted by Gasteiger charge is 2.33. The van der Waals surface area contributed by atoms with Gasteiger partial charge in [0.25, 0.3) is 0 Å². The Hall–Kier alpha value is -1.88. The molecule has 5 heteroatoms. The van der Waals surface area contributed by atoms with Crippen LogP contribution in [0.2, 0.25) is 0 Å². The zero-order valence-corrected chi connectivity index (χ0v) is 12.6. The lowest BCUT2D eigenvalue weighted by atomic mass is 9.94. The lowest BCUT2D eigenvalue weighted by Crippen LogP contribution is -2.37. The topological polar surface area (TPSA) is 78.9 Å². The number of nitrogens with zero attached hydrogens (tertiary/aromatic N) is 2. The van der Waals surface area contributed by atoms with E-state index in [9.17, 15) is 10.0 Å². The molecule has 5 nitrogen and oxygen atoms in total. The molecule has 0 bridgehead atoms. The molecular formula is C16H23N3O2. The summed E-state index contributed by atoms with van der Waals surface area (Å²) in [5, 5.41) is 12.8. The van der Waals surface area contributed by atoms with Gasteiger partial charge in [0.1, 0.15) is 0 Å². The first-order valence-electron chi connectivity index (χ1n) is 7.28. The molecule has 1 fully saturated rings. The van der Waals surface area contributed by atoms with Crippen LogP contribution >= 0.6 is 0 Å². The summed E-state index contributed by atoms with van der Waals surface area (Å²) in [6.45, 7) is 2.89. The number of oxime groups is 1. The zero-order valence-electron chi connectivity index (χ0n) is 12.6. The molecule has 0 aromatic heterocycles. The van der Waals surface area contributed by atoms with Crippen molar-refractivity contribution in [3.05, 3.63) is 36.0 Å². The molecule has 0 spiro atoms. The van der Waals surface area contributed by atoms with Crippen molar-refractivity contribution in [1.82, 2.24) is 4.90 Å². The van der Waals surface area contributed by atoms with Gasteiger partial charge >= 0.3 is 0 Å². The van der Waals surface area contributed by atoms with Gasteiger partial charge in [0.05, 0.1) is 11.8 Å². The predicted octanol–water partition coefficient (Wildman–Crippen LogP) is 1.70. The number of rotatable bonds is 4. The third-order valence-corrected chi connectivity index (χ3v) is 4.17. The molecule has 1 saturated heterocycles. The molecule has 3 atom stereocenters. The number of likely N-dealkylation sites (tertiary alicyclic amines) is 1. The first kappa shape index (κ1) is 15.5. The molecule has 3 N–H and O–H groups in total. The minimum absolute atomic E-state index is 0.214. The van der Waals surface area contributed by atoms with Crippen molar-refractivity contribution in [2.45, 2.75) is 25.8 Å². The number of nitrogens with two attached hydrogens (primary N) is 1. The Labute approximate surface area is 125 Å². The lowest BCUT2D eigenvalue weighted by molar-refractivity contribution is -0.121. The molecule has 0 radical (unpaired) electrons. The van der Waals surface area contributed by atoms with Crippen LogP contribution in [-0.4, -0.2) is 41.4 Å². The maximum absolute atomic E-state index is 11.4. The van der Waals surface area contributed by atoms with Crippen LogP contribution in [0.4, 0.5) is 0 Å². The fourth-order valence-electron chi connectivity index (χ4n) is 2.98. The summed E-state index contributed by atoms with van der Waals surface area (Å²) in [6, 6.07) is -0.214. The van der Waals surface area contributed by atoms with Crippen LogP contribution in [0.1, 0.15) is 19.8 Å². The molecule has 1 aliphatic heterocycles. The van der Waals surface area contributed by atoms with Crippen molar-refractivity contribution >= 4 is 11.6 Å². The van der Waals surface area contributed by atoms with E-state index in [0.29, 0.717) is 24.5 Å². The van der Waals surface area contributed by atoms with Gasteiger partial charge < -0.3 is 10.9 Å². The maximum atomic E-state index is 11.4. The predicted molar refractivity (Wildman–Crippen MR) is 83.1 cm³/mol. The second-order valence-electron chi connectivity index (χ2n) is 5.94. The van der Waals surface area contributed by atoms with E-state index >= 15 is 0 Å². The summed E-state index contributed by atoms with van der Waals surface area (Å²) in [7, 11) is 1.90. The molecule has 2 rings (SSSR count). The molecule has 0 saturated carbocycles. The van der Waals surface area contributed by atoms with Crippen molar-refractivity contribution < 1.29 is 10.0 Å². The van der Waals surface area contributed by atoms with E-state index in [1.807, 2.05) is 30.2 Å². The largest absolute Gasteiger partial charge is 0.411 e. The molecule has 21 heavy (non-hydrogen) atoms. The fourth-order valence-corrected chi connectivity index (χ4v) is 2.98. The zero-order chi connectivity index (χ0) is 15.4. The van der Waals surface area contributed by atoms with Crippen molar-refractivity contribution in [2.75, 3.05) is 13.6 Å². The average molecular weight is 289 g/mol. The van der Waals surface area contributed by atoms with Crippen LogP contribution < -0.4 is 5.73 Å². The highest BCUT2D eigenvalue weighted by molar-refractivity contribution is 6.02. The second-order valence-corrected chi connectivity index (χ2v) is 5.94. The first-order chi connectivity index (χ1) is 10.0. The third-order valence-electron chi connectivity index (χ3n) is 4.17. The number of primary amides is 1. The number of likely N-dealkylation sites (N-methyl/N-ethyl adjacent to an activating group) is 1. The standard InChI is InChI=1S/C16H23N3O2/c1-11-4-3-5-13(7-6-11)14(18-21)8-12-9-15(16(17)20)19(2)10-12/h3-7,11-12,15,21H,8-10H2,1-2H3,(H2,17,20)/b18-14+. The van der Waals surface area contributed by atoms with Gasteiger partial charge in [-0.3, -0.25) is 9.69 Å². The van der Waals surface area contributed by atoms with E-state index in [-0.39, 0.29) is 17.9 Å². The lowest BCUT2D eigenvalue weighted by Gasteiger charge is -2.14. The normalized spacial score (nSPS) is 30.3. The molecular weight excluding hydrogens is 266 g/mol. The van der Waals surface area contributed by atoms with Crippen LogP contribution in [0.5, 0.6) is 0 Å². The number of carbonyl (C=O) groups excluding carboxylic acids is 1. The van der Waals surface area contributed by atoms with E-state index in [4.69, 9.17) is 5.73 Å². The Morgan fingerprint density at radius 3 is 2.90 bits per heavy atom. The number of amides is 1. The van der Waals surface area contributed by atoms with Crippen LogP contribution in [0.3, 0.4) is 0 Å². The van der Waals surface area contributed by atoms with Crippen molar-refractivity contribution in [2.24, 2.45) is 22.7 Å². The Bertz CT molecular complexity index is 520. The average Bonchev–Trinajstić information content (AvgIpc) is 2.67. The molecule has 1 aliphatic carbocycles. The van der Waals surface area contributed by atoms with E-state index in [1.54, 1.807) is 0 Å².